The van der Waals surface area contributed by atoms with Crippen molar-refractivity contribution in [3.63, 3.8) is 0 Å². The van der Waals surface area contributed by atoms with E-state index in [1.165, 1.54) is 10.9 Å². The Kier molecular flexibility index (Phi) is 5.61. The van der Waals surface area contributed by atoms with Crippen molar-refractivity contribution in [1.82, 2.24) is 9.80 Å². The number of hydrogen-bond donors (Lipinski definition) is 0. The third-order valence-electron chi connectivity index (χ3n) is 5.70. The lowest BCUT2D eigenvalue weighted by atomic mass is 10.0. The minimum atomic E-state index is 0.0503. The van der Waals surface area contributed by atoms with Crippen LogP contribution < -0.4 is 0 Å². The van der Waals surface area contributed by atoms with Crippen LogP contribution in [0.2, 0.25) is 0 Å². The molecule has 3 aromatic rings. The molecule has 4 nitrogen and oxygen atoms in total. The molecule has 1 aliphatic heterocycles. The molecule has 0 unspecified atom stereocenters. The fourth-order valence-corrected chi connectivity index (χ4v) is 3.86. The molecule has 0 spiro atoms. The predicted molar refractivity (Wildman–Crippen MR) is 116 cm³/mol. The lowest BCUT2D eigenvalue weighted by molar-refractivity contribution is -0.131. The van der Waals surface area contributed by atoms with Gasteiger partial charge >= 0.3 is 0 Å². The number of carbonyl (C=O) groups excluding carboxylic acids is 2. The Morgan fingerprint density at radius 3 is 2.07 bits per heavy atom. The van der Waals surface area contributed by atoms with Crippen molar-refractivity contribution in [1.29, 1.82) is 0 Å². The lowest BCUT2D eigenvalue weighted by Gasteiger charge is -2.35. The van der Waals surface area contributed by atoms with Crippen LogP contribution >= 0.6 is 0 Å². The number of fused-ring (bicyclic) bond motifs is 1. The van der Waals surface area contributed by atoms with E-state index >= 15 is 0 Å². The van der Waals surface area contributed by atoms with Crippen LogP contribution in [0.25, 0.3) is 10.8 Å². The van der Waals surface area contributed by atoms with Gasteiger partial charge in [-0.3, -0.25) is 9.59 Å². The Hall–Kier alpha value is -3.14. The highest BCUT2D eigenvalue weighted by atomic mass is 16.2. The van der Waals surface area contributed by atoms with Crippen molar-refractivity contribution in [2.75, 3.05) is 26.2 Å². The van der Waals surface area contributed by atoms with E-state index in [-0.39, 0.29) is 11.8 Å². The SMILES string of the molecule is CCc1ccc(C(=O)N2CCN(C(=O)Cc3ccc4ccccc4c3)CC2)cc1. The van der Waals surface area contributed by atoms with Crippen molar-refractivity contribution in [3.8, 4) is 0 Å². The fraction of sp³-hybridized carbons (Fsp3) is 0.280. The average molecular weight is 386 g/mol. The summed E-state index contributed by atoms with van der Waals surface area (Å²) in [6, 6.07) is 22.2. The molecule has 148 valence electrons. The standard InChI is InChI=1S/C25H26N2O2/c1-2-19-7-11-22(12-8-19)25(29)27-15-13-26(14-16-27)24(28)18-20-9-10-21-5-3-4-6-23(21)17-20/h3-12,17H,2,13-16,18H2,1H3. The van der Waals surface area contributed by atoms with Crippen LogP contribution in [0.3, 0.4) is 0 Å². The molecule has 3 aromatic carbocycles. The highest BCUT2D eigenvalue weighted by Crippen LogP contribution is 2.17. The van der Waals surface area contributed by atoms with Gasteiger partial charge in [0, 0.05) is 31.7 Å². The van der Waals surface area contributed by atoms with Gasteiger partial charge in [-0.25, -0.2) is 0 Å². The van der Waals surface area contributed by atoms with E-state index in [9.17, 15) is 9.59 Å². The summed E-state index contributed by atoms with van der Waals surface area (Å²) < 4.78 is 0. The maximum atomic E-state index is 12.7. The van der Waals surface area contributed by atoms with Crippen LogP contribution in [0.1, 0.15) is 28.4 Å². The first kappa shape index (κ1) is 19.2. The highest BCUT2D eigenvalue weighted by Gasteiger charge is 2.24. The quantitative estimate of drug-likeness (QED) is 0.682. The van der Waals surface area contributed by atoms with Crippen molar-refractivity contribution < 1.29 is 9.59 Å². The lowest BCUT2D eigenvalue weighted by Crippen LogP contribution is -2.51. The molecule has 0 aliphatic carbocycles. The number of rotatable bonds is 4. The monoisotopic (exact) mass is 386 g/mol. The fourth-order valence-electron chi connectivity index (χ4n) is 3.86. The van der Waals surface area contributed by atoms with Gasteiger partial charge in [0.05, 0.1) is 6.42 Å². The maximum Gasteiger partial charge on any atom is 0.253 e. The molecule has 1 saturated heterocycles. The van der Waals surface area contributed by atoms with Gasteiger partial charge in [0.15, 0.2) is 0 Å². The highest BCUT2D eigenvalue weighted by molar-refractivity contribution is 5.94. The van der Waals surface area contributed by atoms with Crippen molar-refractivity contribution in [2.24, 2.45) is 0 Å². The molecule has 0 radical (unpaired) electrons. The Morgan fingerprint density at radius 1 is 0.759 bits per heavy atom. The van der Waals surface area contributed by atoms with Gasteiger partial charge in [-0.1, -0.05) is 61.5 Å². The number of carbonyl (C=O) groups is 2. The van der Waals surface area contributed by atoms with E-state index < -0.39 is 0 Å². The van der Waals surface area contributed by atoms with Crippen LogP contribution in [0.5, 0.6) is 0 Å². The van der Waals surface area contributed by atoms with Crippen molar-refractivity contribution in [3.05, 3.63) is 83.4 Å². The first-order valence-corrected chi connectivity index (χ1v) is 10.3. The Labute approximate surface area is 171 Å². The van der Waals surface area contributed by atoms with E-state index in [4.69, 9.17) is 0 Å². The van der Waals surface area contributed by atoms with Crippen molar-refractivity contribution in [2.45, 2.75) is 19.8 Å². The first-order chi connectivity index (χ1) is 14.1. The molecule has 29 heavy (non-hydrogen) atoms. The second-order valence-electron chi connectivity index (χ2n) is 7.58. The molecule has 4 heteroatoms. The van der Waals surface area contributed by atoms with Crippen molar-refractivity contribution >= 4 is 22.6 Å². The molecule has 4 rings (SSSR count). The summed E-state index contributed by atoms with van der Waals surface area (Å²) in [5, 5.41) is 2.34. The number of piperazine rings is 1. The van der Waals surface area contributed by atoms with Gasteiger partial charge in [-0.05, 0) is 40.5 Å². The summed E-state index contributed by atoms with van der Waals surface area (Å²) in [7, 11) is 0. The zero-order valence-corrected chi connectivity index (χ0v) is 16.8. The number of amides is 2. The molecule has 1 aliphatic rings. The van der Waals surface area contributed by atoms with Crippen LogP contribution in [-0.2, 0) is 17.6 Å². The van der Waals surface area contributed by atoms with E-state index in [2.05, 4.69) is 31.2 Å². The molecule has 0 atom stereocenters. The van der Waals surface area contributed by atoms with Crippen LogP contribution in [0.15, 0.2) is 66.7 Å². The molecule has 1 fully saturated rings. The molecule has 0 aromatic heterocycles. The molecule has 0 bridgehead atoms. The molecule has 2 amide bonds. The van der Waals surface area contributed by atoms with Gasteiger partial charge in [0.2, 0.25) is 5.91 Å². The first-order valence-electron chi connectivity index (χ1n) is 10.3. The predicted octanol–water partition coefficient (Wildman–Crippen LogP) is 3.93. The average Bonchev–Trinajstić information content (AvgIpc) is 2.78. The van der Waals surface area contributed by atoms with Crippen LogP contribution in [0.4, 0.5) is 0 Å². The number of benzene rings is 3. The van der Waals surface area contributed by atoms with E-state index in [0.717, 1.165) is 22.9 Å². The molecule has 0 saturated carbocycles. The maximum absolute atomic E-state index is 12.7. The Bertz CT molecular complexity index is 1020. The summed E-state index contributed by atoms with van der Waals surface area (Å²) >= 11 is 0. The third kappa shape index (κ3) is 4.32. The minimum Gasteiger partial charge on any atom is -0.339 e. The van der Waals surface area contributed by atoms with Gasteiger partial charge < -0.3 is 9.80 Å². The summed E-state index contributed by atoms with van der Waals surface area (Å²) in [6.07, 6.45) is 1.36. The van der Waals surface area contributed by atoms with E-state index in [1.807, 2.05) is 52.3 Å². The molecular formula is C25H26N2O2. The Morgan fingerprint density at radius 2 is 1.38 bits per heavy atom. The largest absolute Gasteiger partial charge is 0.339 e. The summed E-state index contributed by atoms with van der Waals surface area (Å²) in [5.41, 5.74) is 2.98. The normalized spacial score (nSPS) is 14.2. The third-order valence-corrected chi connectivity index (χ3v) is 5.70. The summed E-state index contributed by atoms with van der Waals surface area (Å²) in [4.78, 5) is 29.2. The number of hydrogen-bond acceptors (Lipinski definition) is 2. The Balaban J connectivity index is 1.34. The number of nitrogens with zero attached hydrogens (tertiary/aromatic N) is 2. The van der Waals surface area contributed by atoms with Gasteiger partial charge in [-0.15, -0.1) is 0 Å². The second-order valence-corrected chi connectivity index (χ2v) is 7.58. The zero-order chi connectivity index (χ0) is 20.2. The van der Waals surface area contributed by atoms with Gasteiger partial charge in [0.1, 0.15) is 0 Å². The summed E-state index contributed by atoms with van der Waals surface area (Å²) in [5.74, 6) is 0.175. The van der Waals surface area contributed by atoms with Gasteiger partial charge in [0.25, 0.3) is 5.91 Å². The van der Waals surface area contributed by atoms with Crippen LogP contribution in [-0.4, -0.2) is 47.8 Å². The second kappa shape index (κ2) is 8.48. The zero-order valence-electron chi connectivity index (χ0n) is 16.8. The topological polar surface area (TPSA) is 40.6 Å². The smallest absolute Gasteiger partial charge is 0.253 e. The molecule has 0 N–H and O–H groups in total. The van der Waals surface area contributed by atoms with E-state index in [0.29, 0.717) is 32.6 Å². The van der Waals surface area contributed by atoms with Gasteiger partial charge in [-0.2, -0.15) is 0 Å². The minimum absolute atomic E-state index is 0.0503. The molecular weight excluding hydrogens is 360 g/mol. The van der Waals surface area contributed by atoms with Crippen LogP contribution in [0, 0.1) is 0 Å². The molecule has 1 heterocycles. The van der Waals surface area contributed by atoms with E-state index in [1.54, 1.807) is 0 Å². The summed E-state index contributed by atoms with van der Waals surface area (Å²) in [6.45, 7) is 4.44. The number of aryl methyl sites for hydroxylation is 1.